The number of para-hydroxylation sites is 1. The maximum Gasteiger partial charge on any atom is 0.204 e. The van der Waals surface area contributed by atoms with Crippen LogP contribution < -0.4 is 4.74 Å². The van der Waals surface area contributed by atoms with E-state index < -0.39 is 0 Å². The second kappa shape index (κ2) is 3.87. The molecule has 2 rings (SSSR count). The zero-order valence-electron chi connectivity index (χ0n) is 7.51. The van der Waals surface area contributed by atoms with Gasteiger partial charge in [-0.1, -0.05) is 18.2 Å². The number of hydrogen-bond acceptors (Lipinski definition) is 3. The first-order valence-electron chi connectivity index (χ1n) is 4.34. The van der Waals surface area contributed by atoms with Crippen molar-refractivity contribution in [3.05, 3.63) is 42.3 Å². The number of aliphatic imine (C=N–C) groups is 1. The van der Waals surface area contributed by atoms with Crippen LogP contribution in [0.1, 0.15) is 6.42 Å². The van der Waals surface area contributed by atoms with Crippen LogP contribution in [0.2, 0.25) is 0 Å². The van der Waals surface area contributed by atoms with Crippen molar-refractivity contribution in [3.63, 3.8) is 0 Å². The van der Waals surface area contributed by atoms with Crippen molar-refractivity contribution in [3.8, 4) is 5.75 Å². The molecule has 0 N–H and O–H groups in total. The smallest absolute Gasteiger partial charge is 0.204 e. The van der Waals surface area contributed by atoms with Crippen molar-refractivity contribution < 1.29 is 9.53 Å². The van der Waals surface area contributed by atoms with E-state index in [0.29, 0.717) is 17.9 Å². The Morgan fingerprint density at radius 3 is 2.71 bits per heavy atom. The topological polar surface area (TPSA) is 38.7 Å². The third-order valence-electron chi connectivity index (χ3n) is 1.82. The van der Waals surface area contributed by atoms with Crippen molar-refractivity contribution in [2.45, 2.75) is 6.42 Å². The second-order valence-electron chi connectivity index (χ2n) is 2.87. The molecule has 0 atom stereocenters. The van der Waals surface area contributed by atoms with Crippen LogP contribution in [0.5, 0.6) is 5.75 Å². The van der Waals surface area contributed by atoms with Crippen LogP contribution in [0.3, 0.4) is 0 Å². The van der Waals surface area contributed by atoms with Crippen LogP contribution in [0.15, 0.2) is 47.3 Å². The van der Waals surface area contributed by atoms with Gasteiger partial charge in [0.05, 0.1) is 6.20 Å². The molecule has 1 aliphatic rings. The van der Waals surface area contributed by atoms with Crippen LogP contribution in [0.4, 0.5) is 0 Å². The molecule has 0 saturated heterocycles. The Morgan fingerprint density at radius 2 is 2.00 bits per heavy atom. The summed E-state index contributed by atoms with van der Waals surface area (Å²) >= 11 is 0. The molecule has 0 amide bonds. The standard InChI is InChI=1S/C11H9NO2/c13-10-6-7-12-8-11(10)14-9-4-2-1-3-5-9/h1-5,7-8H,6H2. The third kappa shape index (κ3) is 1.88. The van der Waals surface area contributed by atoms with E-state index in [9.17, 15) is 4.79 Å². The van der Waals surface area contributed by atoms with E-state index in [-0.39, 0.29) is 5.78 Å². The Labute approximate surface area is 81.7 Å². The van der Waals surface area contributed by atoms with Crippen LogP contribution in [0, 0.1) is 0 Å². The van der Waals surface area contributed by atoms with Gasteiger partial charge in [0.25, 0.3) is 0 Å². The van der Waals surface area contributed by atoms with Crippen LogP contribution >= 0.6 is 0 Å². The zero-order valence-corrected chi connectivity index (χ0v) is 7.51. The Bertz CT molecular complexity index is 393. The van der Waals surface area contributed by atoms with Gasteiger partial charge in [-0.3, -0.25) is 9.79 Å². The summed E-state index contributed by atoms with van der Waals surface area (Å²) in [5.74, 6) is 0.923. The van der Waals surface area contributed by atoms with E-state index in [1.165, 1.54) is 6.20 Å². The summed E-state index contributed by atoms with van der Waals surface area (Å²) in [6, 6.07) is 9.19. The van der Waals surface area contributed by atoms with Gasteiger partial charge in [0.15, 0.2) is 5.76 Å². The highest BCUT2D eigenvalue weighted by atomic mass is 16.5. The van der Waals surface area contributed by atoms with Gasteiger partial charge >= 0.3 is 0 Å². The SMILES string of the molecule is O=C1CC=NC=C1Oc1ccccc1. The van der Waals surface area contributed by atoms with Gasteiger partial charge in [0.1, 0.15) is 5.75 Å². The number of allylic oxidation sites excluding steroid dienone is 1. The number of rotatable bonds is 2. The summed E-state index contributed by atoms with van der Waals surface area (Å²) in [5, 5.41) is 0. The summed E-state index contributed by atoms with van der Waals surface area (Å²) in [5.41, 5.74) is 0. The van der Waals surface area contributed by atoms with Gasteiger partial charge in [-0.05, 0) is 12.1 Å². The molecule has 0 bridgehead atoms. The Morgan fingerprint density at radius 1 is 1.21 bits per heavy atom. The number of benzene rings is 1. The largest absolute Gasteiger partial charge is 0.452 e. The molecule has 1 heterocycles. The molecule has 0 unspecified atom stereocenters. The lowest BCUT2D eigenvalue weighted by atomic mass is 10.2. The predicted molar refractivity (Wildman–Crippen MR) is 53.3 cm³/mol. The summed E-state index contributed by atoms with van der Waals surface area (Å²) in [6.07, 6.45) is 3.33. The molecule has 70 valence electrons. The lowest BCUT2D eigenvalue weighted by Crippen LogP contribution is -2.11. The van der Waals surface area contributed by atoms with Gasteiger partial charge in [-0.2, -0.15) is 0 Å². The molecule has 3 heteroatoms. The molecule has 1 aliphatic heterocycles. The van der Waals surface area contributed by atoms with Gasteiger partial charge in [-0.25, -0.2) is 0 Å². The highest BCUT2D eigenvalue weighted by Gasteiger charge is 2.13. The van der Waals surface area contributed by atoms with E-state index in [0.717, 1.165) is 0 Å². The minimum Gasteiger partial charge on any atom is -0.452 e. The van der Waals surface area contributed by atoms with E-state index in [1.54, 1.807) is 18.3 Å². The van der Waals surface area contributed by atoms with Crippen molar-refractivity contribution in [2.24, 2.45) is 4.99 Å². The van der Waals surface area contributed by atoms with E-state index >= 15 is 0 Å². The fourth-order valence-electron chi connectivity index (χ4n) is 1.13. The van der Waals surface area contributed by atoms with E-state index in [2.05, 4.69) is 4.99 Å². The summed E-state index contributed by atoms with van der Waals surface area (Å²) < 4.78 is 5.37. The van der Waals surface area contributed by atoms with E-state index in [4.69, 9.17) is 4.74 Å². The Balaban J connectivity index is 2.15. The first-order valence-corrected chi connectivity index (χ1v) is 4.34. The number of ketones is 1. The molecule has 0 radical (unpaired) electrons. The lowest BCUT2D eigenvalue weighted by Gasteiger charge is -2.08. The van der Waals surface area contributed by atoms with Crippen molar-refractivity contribution in [1.82, 2.24) is 0 Å². The minimum atomic E-state index is -0.0381. The van der Waals surface area contributed by atoms with Gasteiger partial charge in [0, 0.05) is 12.6 Å². The number of carbonyl (C=O) groups excluding carboxylic acids is 1. The van der Waals surface area contributed by atoms with Crippen LogP contribution in [0.25, 0.3) is 0 Å². The molecule has 14 heavy (non-hydrogen) atoms. The van der Waals surface area contributed by atoms with Crippen LogP contribution in [-0.4, -0.2) is 12.0 Å². The molecule has 1 aromatic carbocycles. The first-order chi connectivity index (χ1) is 6.86. The molecule has 1 aromatic rings. The number of ether oxygens (including phenoxy) is 1. The quantitative estimate of drug-likeness (QED) is 0.709. The van der Waals surface area contributed by atoms with Crippen molar-refractivity contribution in [1.29, 1.82) is 0 Å². The van der Waals surface area contributed by atoms with Crippen molar-refractivity contribution in [2.75, 3.05) is 0 Å². The minimum absolute atomic E-state index is 0.0381. The Hall–Kier alpha value is -1.90. The summed E-state index contributed by atoms with van der Waals surface area (Å²) in [6.45, 7) is 0. The van der Waals surface area contributed by atoms with Gasteiger partial charge in [0.2, 0.25) is 5.78 Å². The summed E-state index contributed by atoms with van der Waals surface area (Å²) in [4.78, 5) is 15.2. The maximum absolute atomic E-state index is 11.3. The molecule has 0 saturated carbocycles. The number of nitrogens with zero attached hydrogens (tertiary/aromatic N) is 1. The van der Waals surface area contributed by atoms with Crippen molar-refractivity contribution >= 4 is 12.0 Å². The fraction of sp³-hybridized carbons (Fsp3) is 0.0909. The van der Waals surface area contributed by atoms with Crippen LogP contribution in [-0.2, 0) is 4.79 Å². The fourth-order valence-corrected chi connectivity index (χ4v) is 1.13. The maximum atomic E-state index is 11.3. The molecule has 0 fully saturated rings. The predicted octanol–water partition coefficient (Wildman–Crippen LogP) is 1.95. The molecule has 0 spiro atoms. The molecule has 0 aromatic heterocycles. The number of hydrogen-bond donors (Lipinski definition) is 0. The zero-order chi connectivity index (χ0) is 9.80. The number of Topliss-reactive ketones (excluding diaryl/α,β-unsaturated/α-hetero) is 1. The first kappa shape index (κ1) is 8.69. The molecular weight excluding hydrogens is 178 g/mol. The second-order valence-corrected chi connectivity index (χ2v) is 2.87. The van der Waals surface area contributed by atoms with Gasteiger partial charge in [-0.15, -0.1) is 0 Å². The molecule has 3 nitrogen and oxygen atoms in total. The average Bonchev–Trinajstić information content (AvgIpc) is 2.23. The monoisotopic (exact) mass is 187 g/mol. The third-order valence-corrected chi connectivity index (χ3v) is 1.82. The highest BCUT2D eigenvalue weighted by Crippen LogP contribution is 2.15. The molecular formula is C11H9NO2. The summed E-state index contributed by atoms with van der Waals surface area (Å²) in [7, 11) is 0. The highest BCUT2D eigenvalue weighted by molar-refractivity contribution is 6.03. The number of carbonyl (C=O) groups is 1. The molecule has 0 aliphatic carbocycles. The Kier molecular flexibility index (Phi) is 2.40. The van der Waals surface area contributed by atoms with E-state index in [1.807, 2.05) is 18.2 Å². The average molecular weight is 187 g/mol. The van der Waals surface area contributed by atoms with Gasteiger partial charge < -0.3 is 4.74 Å². The lowest BCUT2D eigenvalue weighted by molar-refractivity contribution is -0.116. The normalized spacial score (nSPS) is 15.1.